The van der Waals surface area contributed by atoms with E-state index < -0.39 is 6.10 Å². The molecule has 122 valence electrons. The molecular formula is C16H24N2O4. The second-order valence-electron chi connectivity index (χ2n) is 6.15. The maximum absolute atomic E-state index is 12.3. The summed E-state index contributed by atoms with van der Waals surface area (Å²) in [6, 6.07) is 3.31. The third-order valence-electron chi connectivity index (χ3n) is 4.38. The molecule has 2 amide bonds. The van der Waals surface area contributed by atoms with Gasteiger partial charge in [0.05, 0.1) is 25.5 Å². The molecule has 2 fully saturated rings. The third kappa shape index (κ3) is 4.01. The zero-order valence-corrected chi connectivity index (χ0v) is 12.7. The molecule has 0 radical (unpaired) electrons. The lowest BCUT2D eigenvalue weighted by molar-refractivity contribution is -0.00966. The fourth-order valence-electron chi connectivity index (χ4n) is 2.86. The van der Waals surface area contributed by atoms with Gasteiger partial charge in [0.15, 0.2) is 0 Å². The summed E-state index contributed by atoms with van der Waals surface area (Å²) in [4.78, 5) is 14.1. The van der Waals surface area contributed by atoms with Gasteiger partial charge < -0.3 is 24.5 Å². The number of furan rings is 1. The van der Waals surface area contributed by atoms with E-state index in [1.54, 1.807) is 17.0 Å². The molecule has 2 unspecified atom stereocenters. The molecule has 1 aromatic rings. The maximum atomic E-state index is 12.3. The first-order chi connectivity index (χ1) is 10.7. The highest BCUT2D eigenvalue weighted by Gasteiger charge is 2.30. The Hall–Kier alpha value is -1.53. The van der Waals surface area contributed by atoms with Gasteiger partial charge in [-0.3, -0.25) is 0 Å². The van der Waals surface area contributed by atoms with Gasteiger partial charge in [-0.15, -0.1) is 0 Å². The number of aliphatic hydroxyl groups is 1. The number of hydrogen-bond acceptors (Lipinski definition) is 4. The number of carbonyl (C=O) groups excluding carboxylic acids is 1. The minimum Gasteiger partial charge on any atom is -0.467 e. The van der Waals surface area contributed by atoms with Crippen molar-refractivity contribution in [3.05, 3.63) is 24.2 Å². The molecule has 6 heteroatoms. The Morgan fingerprint density at radius 3 is 3.09 bits per heavy atom. The molecule has 1 saturated carbocycles. The topological polar surface area (TPSA) is 74.9 Å². The number of amides is 2. The summed E-state index contributed by atoms with van der Waals surface area (Å²) in [6.07, 6.45) is 4.90. The van der Waals surface area contributed by atoms with E-state index in [9.17, 15) is 9.90 Å². The van der Waals surface area contributed by atoms with Crippen LogP contribution in [0.4, 0.5) is 4.79 Å². The highest BCUT2D eigenvalue weighted by molar-refractivity contribution is 5.74. The molecule has 2 N–H and O–H groups in total. The van der Waals surface area contributed by atoms with Crippen molar-refractivity contribution in [3.63, 3.8) is 0 Å². The van der Waals surface area contributed by atoms with Crippen LogP contribution in [0.25, 0.3) is 0 Å². The first kappa shape index (κ1) is 15.4. The highest BCUT2D eigenvalue weighted by atomic mass is 16.5. The summed E-state index contributed by atoms with van der Waals surface area (Å²) in [5.74, 6) is 1.33. The summed E-state index contributed by atoms with van der Waals surface area (Å²) in [5.41, 5.74) is 0. The van der Waals surface area contributed by atoms with Crippen LogP contribution in [0.2, 0.25) is 0 Å². The fourth-order valence-corrected chi connectivity index (χ4v) is 2.86. The van der Waals surface area contributed by atoms with Crippen molar-refractivity contribution in [1.82, 2.24) is 10.2 Å². The molecule has 1 saturated heterocycles. The highest BCUT2D eigenvalue weighted by Crippen LogP contribution is 2.31. The van der Waals surface area contributed by atoms with Crippen LogP contribution in [0.3, 0.4) is 0 Å². The summed E-state index contributed by atoms with van der Waals surface area (Å²) < 4.78 is 10.7. The summed E-state index contributed by atoms with van der Waals surface area (Å²) in [7, 11) is 0. The van der Waals surface area contributed by atoms with Crippen LogP contribution >= 0.6 is 0 Å². The first-order valence-electron chi connectivity index (χ1n) is 8.07. The van der Waals surface area contributed by atoms with Gasteiger partial charge in [-0.1, -0.05) is 12.8 Å². The van der Waals surface area contributed by atoms with Gasteiger partial charge in [-0.25, -0.2) is 4.79 Å². The predicted octanol–water partition coefficient (Wildman–Crippen LogP) is 1.91. The monoisotopic (exact) mass is 308 g/mol. The van der Waals surface area contributed by atoms with Crippen LogP contribution in [0.5, 0.6) is 0 Å². The zero-order chi connectivity index (χ0) is 15.4. The van der Waals surface area contributed by atoms with Crippen LogP contribution in [-0.2, 0) is 4.74 Å². The Bertz CT molecular complexity index is 473. The van der Waals surface area contributed by atoms with Crippen LogP contribution in [0.1, 0.15) is 37.5 Å². The van der Waals surface area contributed by atoms with Crippen molar-refractivity contribution < 1.29 is 19.1 Å². The lowest BCUT2D eigenvalue weighted by Crippen LogP contribution is -2.53. The van der Waals surface area contributed by atoms with Crippen molar-refractivity contribution in [1.29, 1.82) is 0 Å². The van der Waals surface area contributed by atoms with Crippen molar-refractivity contribution in [2.24, 2.45) is 5.92 Å². The normalized spacial score (nSPS) is 23.3. The lowest BCUT2D eigenvalue weighted by atomic mass is 10.1. The first-order valence-corrected chi connectivity index (χ1v) is 8.07. The van der Waals surface area contributed by atoms with Crippen LogP contribution in [0, 0.1) is 5.92 Å². The quantitative estimate of drug-likeness (QED) is 0.842. The Labute approximate surface area is 130 Å². The molecule has 6 nitrogen and oxygen atoms in total. The SMILES string of the molecule is O=C(NCCC1CC1)N1CCOCC1CC(O)c1ccco1. The number of aliphatic hydroxyl groups excluding tert-OH is 1. The van der Waals surface area contributed by atoms with E-state index in [1.807, 2.05) is 0 Å². The van der Waals surface area contributed by atoms with E-state index in [4.69, 9.17) is 9.15 Å². The predicted molar refractivity (Wildman–Crippen MR) is 80.3 cm³/mol. The number of nitrogens with zero attached hydrogens (tertiary/aromatic N) is 1. The second kappa shape index (κ2) is 7.15. The van der Waals surface area contributed by atoms with E-state index in [1.165, 1.54) is 19.1 Å². The molecule has 1 aromatic heterocycles. The molecule has 3 rings (SSSR count). The Balaban J connectivity index is 1.51. The van der Waals surface area contributed by atoms with E-state index in [2.05, 4.69) is 5.32 Å². The molecule has 0 bridgehead atoms. The minimum absolute atomic E-state index is 0.0550. The second-order valence-corrected chi connectivity index (χ2v) is 6.15. The molecule has 2 aliphatic rings. The minimum atomic E-state index is -0.719. The van der Waals surface area contributed by atoms with Gasteiger partial charge in [-0.05, 0) is 24.5 Å². The average Bonchev–Trinajstić information content (AvgIpc) is 3.17. The average molecular weight is 308 g/mol. The Morgan fingerprint density at radius 2 is 2.36 bits per heavy atom. The molecule has 22 heavy (non-hydrogen) atoms. The van der Waals surface area contributed by atoms with Crippen molar-refractivity contribution >= 4 is 6.03 Å². The number of rotatable bonds is 6. The molecule has 0 aromatic carbocycles. The Morgan fingerprint density at radius 1 is 1.50 bits per heavy atom. The molecule has 2 atom stereocenters. The number of morpholine rings is 1. The van der Waals surface area contributed by atoms with Crippen LogP contribution < -0.4 is 5.32 Å². The van der Waals surface area contributed by atoms with Gasteiger partial charge in [-0.2, -0.15) is 0 Å². The van der Waals surface area contributed by atoms with E-state index in [0.29, 0.717) is 31.9 Å². The fraction of sp³-hybridized carbons (Fsp3) is 0.688. The van der Waals surface area contributed by atoms with Crippen LogP contribution in [0.15, 0.2) is 22.8 Å². The van der Waals surface area contributed by atoms with E-state index in [0.717, 1.165) is 18.9 Å². The van der Waals surface area contributed by atoms with Crippen molar-refractivity contribution in [3.8, 4) is 0 Å². The van der Waals surface area contributed by atoms with Gasteiger partial charge in [0, 0.05) is 19.5 Å². The summed E-state index contributed by atoms with van der Waals surface area (Å²) >= 11 is 0. The lowest BCUT2D eigenvalue weighted by Gasteiger charge is -2.36. The van der Waals surface area contributed by atoms with Gasteiger partial charge in [0.1, 0.15) is 11.9 Å². The van der Waals surface area contributed by atoms with Gasteiger partial charge >= 0.3 is 6.03 Å². The standard InChI is InChI=1S/C16H24N2O4/c19-14(15-2-1-8-22-15)10-13-11-21-9-7-18(13)16(20)17-6-5-12-3-4-12/h1-2,8,12-14,19H,3-7,9-11H2,(H,17,20). The molecule has 2 heterocycles. The number of carbonyl (C=O) groups is 1. The van der Waals surface area contributed by atoms with Crippen molar-refractivity contribution in [2.75, 3.05) is 26.3 Å². The smallest absolute Gasteiger partial charge is 0.317 e. The summed E-state index contributed by atoms with van der Waals surface area (Å²) in [5, 5.41) is 13.2. The summed E-state index contributed by atoms with van der Waals surface area (Å²) in [6.45, 7) is 2.29. The number of hydrogen-bond donors (Lipinski definition) is 2. The van der Waals surface area contributed by atoms with Crippen LogP contribution in [-0.4, -0.2) is 48.4 Å². The molecule has 1 aliphatic carbocycles. The Kier molecular flexibility index (Phi) is 5.00. The molecule has 0 spiro atoms. The maximum Gasteiger partial charge on any atom is 0.317 e. The van der Waals surface area contributed by atoms with Gasteiger partial charge in [0.2, 0.25) is 0 Å². The van der Waals surface area contributed by atoms with Gasteiger partial charge in [0.25, 0.3) is 0 Å². The van der Waals surface area contributed by atoms with E-state index in [-0.39, 0.29) is 12.1 Å². The number of ether oxygens (including phenoxy) is 1. The zero-order valence-electron chi connectivity index (χ0n) is 12.7. The number of nitrogens with one attached hydrogen (secondary N) is 1. The van der Waals surface area contributed by atoms with Crippen molar-refractivity contribution in [2.45, 2.75) is 37.8 Å². The molecule has 1 aliphatic heterocycles. The largest absolute Gasteiger partial charge is 0.467 e. The number of urea groups is 1. The molecular weight excluding hydrogens is 284 g/mol. The third-order valence-corrected chi connectivity index (χ3v) is 4.38. The van der Waals surface area contributed by atoms with E-state index >= 15 is 0 Å².